The van der Waals surface area contributed by atoms with Crippen molar-refractivity contribution in [1.29, 1.82) is 0 Å². The molecular formula is C12H14N2O4. The highest BCUT2D eigenvalue weighted by molar-refractivity contribution is 5.85. The summed E-state index contributed by atoms with van der Waals surface area (Å²) in [6.45, 7) is -0.0545. The molecule has 1 N–H and O–H groups in total. The van der Waals surface area contributed by atoms with Crippen LogP contribution < -0.4 is 4.74 Å². The summed E-state index contributed by atoms with van der Waals surface area (Å²) in [5.41, 5.74) is -0.0521. The Morgan fingerprint density at radius 1 is 1.50 bits per heavy atom. The molecule has 1 aliphatic carbocycles. The number of hydrogen-bond acceptors (Lipinski definition) is 4. The van der Waals surface area contributed by atoms with Crippen LogP contribution in [0, 0.1) is 0 Å². The maximum absolute atomic E-state index is 11.7. The Hall–Kier alpha value is -2.11. The molecule has 6 nitrogen and oxygen atoms in total. The van der Waals surface area contributed by atoms with E-state index in [1.165, 1.54) is 18.3 Å². The summed E-state index contributed by atoms with van der Waals surface area (Å²) in [6.07, 6.45) is 3.40. The lowest BCUT2D eigenvalue weighted by Crippen LogP contribution is -2.33. The second-order valence-electron chi connectivity index (χ2n) is 4.21. The van der Waals surface area contributed by atoms with Crippen LogP contribution in [-0.2, 0) is 4.79 Å². The number of carbonyl (C=O) groups excluding carboxylic acids is 1. The van der Waals surface area contributed by atoms with Crippen molar-refractivity contribution in [2.45, 2.75) is 18.9 Å². The third-order valence-corrected chi connectivity index (χ3v) is 2.81. The van der Waals surface area contributed by atoms with Crippen molar-refractivity contribution in [2.24, 2.45) is 0 Å². The van der Waals surface area contributed by atoms with E-state index in [1.807, 2.05) is 0 Å². The van der Waals surface area contributed by atoms with Gasteiger partial charge in [-0.2, -0.15) is 0 Å². The van der Waals surface area contributed by atoms with Crippen LogP contribution in [0.5, 0.6) is 5.75 Å². The minimum atomic E-state index is -1.09. The SMILES string of the molecule is CN(C(=O)COc1ccc(C(=O)O)nc1)C1CC1. The maximum Gasteiger partial charge on any atom is 0.354 e. The van der Waals surface area contributed by atoms with Gasteiger partial charge in [0.1, 0.15) is 11.4 Å². The first-order valence-corrected chi connectivity index (χ1v) is 5.65. The smallest absolute Gasteiger partial charge is 0.354 e. The van der Waals surface area contributed by atoms with E-state index >= 15 is 0 Å². The van der Waals surface area contributed by atoms with Gasteiger partial charge in [-0.1, -0.05) is 0 Å². The van der Waals surface area contributed by atoms with Crippen LogP contribution in [0.4, 0.5) is 0 Å². The normalized spacial score (nSPS) is 14.1. The Labute approximate surface area is 104 Å². The molecule has 1 amide bonds. The number of carboxylic acids is 1. The third-order valence-electron chi connectivity index (χ3n) is 2.81. The van der Waals surface area contributed by atoms with Gasteiger partial charge in [-0.05, 0) is 25.0 Å². The maximum atomic E-state index is 11.7. The molecule has 0 radical (unpaired) electrons. The van der Waals surface area contributed by atoms with Crippen molar-refractivity contribution < 1.29 is 19.4 Å². The van der Waals surface area contributed by atoms with E-state index in [0.717, 1.165) is 12.8 Å². The quantitative estimate of drug-likeness (QED) is 0.835. The Balaban J connectivity index is 1.85. The summed E-state index contributed by atoms with van der Waals surface area (Å²) in [7, 11) is 1.76. The van der Waals surface area contributed by atoms with E-state index in [4.69, 9.17) is 9.84 Å². The first-order valence-electron chi connectivity index (χ1n) is 5.65. The van der Waals surface area contributed by atoms with Crippen LogP contribution in [0.1, 0.15) is 23.3 Å². The van der Waals surface area contributed by atoms with Gasteiger partial charge in [-0.15, -0.1) is 0 Å². The average molecular weight is 250 g/mol. The number of amides is 1. The van der Waals surface area contributed by atoms with Gasteiger partial charge in [0.2, 0.25) is 0 Å². The van der Waals surface area contributed by atoms with Crippen molar-refractivity contribution in [2.75, 3.05) is 13.7 Å². The Morgan fingerprint density at radius 2 is 2.22 bits per heavy atom. The number of likely N-dealkylation sites (N-methyl/N-ethyl adjacent to an activating group) is 1. The molecule has 1 aromatic heterocycles. The van der Waals surface area contributed by atoms with E-state index in [0.29, 0.717) is 11.8 Å². The summed E-state index contributed by atoms with van der Waals surface area (Å²) in [5.74, 6) is -0.788. The second-order valence-corrected chi connectivity index (χ2v) is 4.21. The second kappa shape index (κ2) is 5.03. The number of carbonyl (C=O) groups is 2. The minimum absolute atomic E-state index is 0.0521. The minimum Gasteiger partial charge on any atom is -0.482 e. The lowest BCUT2D eigenvalue weighted by molar-refractivity contribution is -0.132. The number of rotatable bonds is 5. The summed E-state index contributed by atoms with van der Waals surface area (Å²) < 4.78 is 5.25. The van der Waals surface area contributed by atoms with Gasteiger partial charge < -0.3 is 14.7 Å². The van der Waals surface area contributed by atoms with Crippen molar-refractivity contribution in [3.63, 3.8) is 0 Å². The van der Waals surface area contributed by atoms with Crippen molar-refractivity contribution in [3.8, 4) is 5.75 Å². The molecule has 0 aliphatic heterocycles. The number of aromatic nitrogens is 1. The fourth-order valence-corrected chi connectivity index (χ4v) is 1.50. The van der Waals surface area contributed by atoms with E-state index < -0.39 is 5.97 Å². The monoisotopic (exact) mass is 250 g/mol. The molecule has 6 heteroatoms. The molecule has 0 unspecified atom stereocenters. The molecule has 0 aromatic carbocycles. The molecule has 1 heterocycles. The highest BCUT2D eigenvalue weighted by Crippen LogP contribution is 2.25. The Morgan fingerprint density at radius 3 is 2.72 bits per heavy atom. The van der Waals surface area contributed by atoms with Crippen LogP contribution in [0.3, 0.4) is 0 Å². The van der Waals surface area contributed by atoms with Crippen LogP contribution in [0.2, 0.25) is 0 Å². The molecule has 0 spiro atoms. The number of hydrogen-bond donors (Lipinski definition) is 1. The Kier molecular flexibility index (Phi) is 3.45. The molecule has 0 bridgehead atoms. The number of aromatic carboxylic acids is 1. The summed E-state index contributed by atoms with van der Waals surface area (Å²) in [5, 5.41) is 8.67. The van der Waals surface area contributed by atoms with E-state index in [-0.39, 0.29) is 18.2 Å². The first-order chi connectivity index (χ1) is 8.58. The predicted molar refractivity (Wildman–Crippen MR) is 62.5 cm³/mol. The molecule has 1 aliphatic rings. The van der Waals surface area contributed by atoms with Gasteiger partial charge in [0.15, 0.2) is 6.61 Å². The van der Waals surface area contributed by atoms with E-state index in [9.17, 15) is 9.59 Å². The number of nitrogens with zero attached hydrogens (tertiary/aromatic N) is 2. The van der Waals surface area contributed by atoms with E-state index in [2.05, 4.69) is 4.98 Å². The van der Waals surface area contributed by atoms with Gasteiger partial charge in [-0.3, -0.25) is 4.79 Å². The molecule has 18 heavy (non-hydrogen) atoms. The molecule has 1 aromatic rings. The Bertz CT molecular complexity index is 454. The number of pyridine rings is 1. The average Bonchev–Trinajstić information content (AvgIpc) is 3.19. The molecular weight excluding hydrogens is 236 g/mol. The van der Waals surface area contributed by atoms with Gasteiger partial charge in [-0.25, -0.2) is 9.78 Å². The van der Waals surface area contributed by atoms with Gasteiger partial charge in [0, 0.05) is 13.1 Å². The fraction of sp³-hybridized carbons (Fsp3) is 0.417. The zero-order valence-corrected chi connectivity index (χ0v) is 10.00. The zero-order valence-electron chi connectivity index (χ0n) is 10.00. The number of ether oxygens (including phenoxy) is 1. The highest BCUT2D eigenvalue weighted by atomic mass is 16.5. The summed E-state index contributed by atoms with van der Waals surface area (Å²) >= 11 is 0. The summed E-state index contributed by atoms with van der Waals surface area (Å²) in [6, 6.07) is 3.18. The van der Waals surface area contributed by atoms with Crippen LogP contribution in [0.15, 0.2) is 18.3 Å². The van der Waals surface area contributed by atoms with Crippen LogP contribution in [-0.4, -0.2) is 46.6 Å². The van der Waals surface area contributed by atoms with Crippen molar-refractivity contribution >= 4 is 11.9 Å². The lowest BCUT2D eigenvalue weighted by atomic mass is 10.3. The highest BCUT2D eigenvalue weighted by Gasteiger charge is 2.29. The van der Waals surface area contributed by atoms with Crippen molar-refractivity contribution in [1.82, 2.24) is 9.88 Å². The molecule has 1 saturated carbocycles. The molecule has 0 saturated heterocycles. The summed E-state index contributed by atoms with van der Waals surface area (Å²) in [4.78, 5) is 27.6. The zero-order chi connectivity index (χ0) is 13.1. The molecule has 96 valence electrons. The first kappa shape index (κ1) is 12.3. The van der Waals surface area contributed by atoms with Gasteiger partial charge >= 0.3 is 5.97 Å². The molecule has 1 fully saturated rings. The topological polar surface area (TPSA) is 79.7 Å². The molecule has 0 atom stereocenters. The van der Waals surface area contributed by atoms with Crippen LogP contribution in [0.25, 0.3) is 0 Å². The lowest BCUT2D eigenvalue weighted by Gasteiger charge is -2.16. The van der Waals surface area contributed by atoms with Gasteiger partial charge in [0.05, 0.1) is 6.20 Å². The molecule has 2 rings (SSSR count). The standard InChI is InChI=1S/C12H14N2O4/c1-14(8-2-3-8)11(15)7-18-9-4-5-10(12(16)17)13-6-9/h4-6,8H,2-3,7H2,1H3,(H,16,17). The predicted octanol–water partition coefficient (Wildman–Crippen LogP) is 0.779. The largest absolute Gasteiger partial charge is 0.482 e. The van der Waals surface area contributed by atoms with Crippen LogP contribution >= 0.6 is 0 Å². The fourth-order valence-electron chi connectivity index (χ4n) is 1.50. The third kappa shape index (κ3) is 2.97. The van der Waals surface area contributed by atoms with Gasteiger partial charge in [0.25, 0.3) is 5.91 Å². The van der Waals surface area contributed by atoms with E-state index in [1.54, 1.807) is 11.9 Å². The number of carboxylic acid groups (broad SMARTS) is 1. The van der Waals surface area contributed by atoms with Crippen molar-refractivity contribution in [3.05, 3.63) is 24.0 Å².